The fraction of sp³-hybridized carbons (Fsp3) is 0.280. The molecule has 0 amide bonds. The first kappa shape index (κ1) is 99.2. The summed E-state index contributed by atoms with van der Waals surface area (Å²) < 4.78 is 121. The number of aromatic hydroxyl groups is 4. The molecule has 5 saturated heterocycles. The maximum absolute atomic E-state index is 14.2. The minimum Gasteiger partial charge on any atom is -0.506 e. The number of hydrazone groups is 4. The molecule has 0 radical (unpaired) electrons. The first-order valence-electron chi connectivity index (χ1n) is 39.7. The molecule has 6 aromatic heterocycles. The van der Waals surface area contributed by atoms with E-state index in [2.05, 4.69) is 156 Å². The van der Waals surface area contributed by atoms with Gasteiger partial charge in [-0.2, -0.15) is 49.7 Å². The number of furan rings is 1. The third-order valence-electron chi connectivity index (χ3n) is 19.2. The van der Waals surface area contributed by atoms with Gasteiger partial charge < -0.3 is 87.2 Å². The molecular weight excluding hydrogens is 2120 g/mol. The molecule has 11 aromatic rings. The average molecular weight is 2200 g/mol. The van der Waals surface area contributed by atoms with Crippen molar-refractivity contribution in [1.82, 2.24) is 49.8 Å². The highest BCUT2D eigenvalue weighted by molar-refractivity contribution is 9.11. The highest BCUT2D eigenvalue weighted by Crippen LogP contribution is 2.47. The van der Waals surface area contributed by atoms with Gasteiger partial charge in [-0.1, -0.05) is 80.5 Å². The zero-order valence-corrected chi connectivity index (χ0v) is 79.4. The molecule has 51 heteroatoms. The van der Waals surface area contributed by atoms with Gasteiger partial charge in [0.05, 0.1) is 154 Å². The number of morpholine rings is 5. The van der Waals surface area contributed by atoms with E-state index in [1.54, 1.807) is 62.1 Å². The Labute approximate surface area is 812 Å². The topological polar surface area (TPSA) is 428 Å². The number of hydrogen-bond acceptors (Lipinski definition) is 37. The third kappa shape index (κ3) is 26.7. The molecule has 8 N–H and O–H groups in total. The monoisotopic (exact) mass is 2190 g/mol. The summed E-state index contributed by atoms with van der Waals surface area (Å²) in [5, 5.41) is 57.7. The Morgan fingerprint density at radius 2 is 0.857 bits per heavy atom. The largest absolute Gasteiger partial charge is 0.506 e. The quantitative estimate of drug-likeness (QED) is 0.0108. The van der Waals surface area contributed by atoms with Crippen LogP contribution in [0.25, 0.3) is 11.3 Å². The number of methoxy groups -OCH3 is 1. The van der Waals surface area contributed by atoms with E-state index in [1.807, 2.05) is 17.0 Å². The molecule has 0 unspecified atom stereocenters. The molecule has 700 valence electrons. The number of phenols is 4. The minimum absolute atomic E-state index is 0.0415. The second-order valence-corrected chi connectivity index (χ2v) is 33.3. The Morgan fingerprint density at radius 3 is 1.30 bits per heavy atom. The Hall–Kier alpha value is -11.3. The number of phenolic OH excluding ortho intramolecular Hbond substituents is 4. The number of anilines is 9. The molecule has 0 atom stereocenters. The highest BCUT2D eigenvalue weighted by Gasteiger charge is 2.28. The standard InChI is InChI=1S/C25H24BrClFN5O5.C19H14BrCl2F2N7O3.C19H21BrClFN6O3.C19H16BrClFN5O3/c1-36-20-5-3-2-4-15(20)10-17(34)14-38-23-18(26)11-16(22(35)21(23)27)12-30-32-25-29-13-19(28)24(31-25)33-6-8-37-9-7-33;20-10-5-9(14(32)13(21)15(10)34-17-12(24)8-25-18(22)29-17)6-27-30-19-26-7-11(23)16(28-19)31-1-3-33-4-2-31;20-13-9-12(17(29)15(21)16(13)27-1-5-30-6-2-27)10-24-26-19-23-11-14(22)18(25-19)28-3-7-31-8-4-28;20-11-7-13(17(28)14(21)8-11)16-2-1-12(30-16)9-24-26-19-23-10-15(22)18(25-19)27-3-5-29-6-4-27/h2-5,11-13,35H,6-10,14H2,1H3,(H,29,31,32);5-8,32H,1-4H2,(H,26,28,30);9-11,29H,1-8H2,(H,23,25,26);1-2,7-10,28H,3-6H2,(H,23,25,26)/b30-12+;27-6-;24-10-;24-9-. The molecule has 16 rings (SSSR count). The zero-order valence-electron chi connectivity index (χ0n) is 69.3. The van der Waals surface area contributed by atoms with Gasteiger partial charge in [-0.25, -0.2) is 64.2 Å². The Balaban J connectivity index is 0.000000151. The summed E-state index contributed by atoms with van der Waals surface area (Å²) in [6.07, 6.45) is 10.6. The molecule has 0 aliphatic carbocycles. The maximum Gasteiger partial charge on any atom is 0.260 e. The van der Waals surface area contributed by atoms with E-state index in [0.29, 0.717) is 175 Å². The van der Waals surface area contributed by atoms with Crippen LogP contribution in [0.5, 0.6) is 46.1 Å². The van der Waals surface area contributed by atoms with Crippen molar-refractivity contribution in [3.8, 4) is 57.5 Å². The lowest BCUT2D eigenvalue weighted by molar-refractivity contribution is -0.120. The molecule has 133 heavy (non-hydrogen) atoms. The van der Waals surface area contributed by atoms with Crippen LogP contribution in [0.2, 0.25) is 25.4 Å². The fourth-order valence-corrected chi connectivity index (χ4v) is 16.7. The van der Waals surface area contributed by atoms with Gasteiger partial charge in [0, 0.05) is 103 Å². The van der Waals surface area contributed by atoms with Crippen molar-refractivity contribution in [2.45, 2.75) is 6.42 Å². The zero-order chi connectivity index (χ0) is 94.2. The van der Waals surface area contributed by atoms with E-state index in [9.17, 15) is 47.2 Å². The predicted molar refractivity (Wildman–Crippen MR) is 503 cm³/mol. The lowest BCUT2D eigenvalue weighted by atomic mass is 10.1. The van der Waals surface area contributed by atoms with E-state index in [1.165, 1.54) is 44.1 Å². The van der Waals surface area contributed by atoms with Crippen molar-refractivity contribution in [3.05, 3.63) is 198 Å². The molecule has 5 aliphatic heterocycles. The Bertz CT molecular complexity index is 6080. The molecule has 11 heterocycles. The summed E-state index contributed by atoms with van der Waals surface area (Å²) in [5.74, 6) is -2.04. The molecular formula is C82H75Br4Cl5F5N23O14. The molecule has 37 nitrogen and oxygen atoms in total. The Kier molecular flexibility index (Phi) is 35.9. The molecule has 5 aliphatic rings. The number of aromatic nitrogens is 10. The number of carbonyl (C=O) groups excluding carboxylic acids is 1. The van der Waals surface area contributed by atoms with Gasteiger partial charge in [0.15, 0.2) is 63.8 Å². The number of ether oxygens (including phenoxy) is 8. The Morgan fingerprint density at radius 1 is 0.466 bits per heavy atom. The van der Waals surface area contributed by atoms with Gasteiger partial charge in [0.2, 0.25) is 34.9 Å². The van der Waals surface area contributed by atoms with Gasteiger partial charge >= 0.3 is 0 Å². The van der Waals surface area contributed by atoms with Gasteiger partial charge in [0.25, 0.3) is 5.88 Å². The number of halogens is 14. The van der Waals surface area contributed by atoms with Crippen molar-refractivity contribution < 1.29 is 89.5 Å². The molecule has 5 aromatic carbocycles. The van der Waals surface area contributed by atoms with Crippen LogP contribution in [0.4, 0.5) is 74.7 Å². The molecule has 0 bridgehead atoms. The van der Waals surface area contributed by atoms with Crippen LogP contribution >= 0.6 is 122 Å². The number of nitrogens with zero attached hydrogens (tertiary/aromatic N) is 19. The van der Waals surface area contributed by atoms with Gasteiger partial charge in [-0.15, -0.1) is 0 Å². The van der Waals surface area contributed by atoms with Gasteiger partial charge in [-0.3, -0.25) is 4.79 Å². The number of nitrogens with one attached hydrogen (secondary N) is 4. The van der Waals surface area contributed by atoms with Crippen molar-refractivity contribution in [2.24, 2.45) is 20.4 Å². The lowest BCUT2D eigenvalue weighted by Gasteiger charge is -2.30. The van der Waals surface area contributed by atoms with Crippen LogP contribution < -0.4 is 60.4 Å². The second-order valence-electron chi connectivity index (χ2n) is 28.0. The van der Waals surface area contributed by atoms with Crippen LogP contribution in [0, 0.1) is 29.1 Å². The van der Waals surface area contributed by atoms with Gasteiger partial charge in [-0.05, 0) is 108 Å². The summed E-state index contributed by atoms with van der Waals surface area (Å²) in [4.78, 5) is 61.0. The first-order chi connectivity index (χ1) is 64.2. The summed E-state index contributed by atoms with van der Waals surface area (Å²) in [6.45, 7) is 10.5. The van der Waals surface area contributed by atoms with E-state index in [4.69, 9.17) is 100 Å². The minimum atomic E-state index is -0.877. The van der Waals surface area contributed by atoms with Crippen LogP contribution in [0.1, 0.15) is 28.0 Å². The van der Waals surface area contributed by atoms with Crippen molar-refractivity contribution in [3.63, 3.8) is 0 Å². The number of Topliss-reactive ketones (excluding diaryl/α,β-unsaturated/α-hetero) is 1. The summed E-state index contributed by atoms with van der Waals surface area (Å²) in [7, 11) is 1.54. The number of rotatable bonds is 26. The third-order valence-corrected chi connectivity index (χ3v) is 23.0. The van der Waals surface area contributed by atoms with Crippen molar-refractivity contribution in [2.75, 3.05) is 191 Å². The van der Waals surface area contributed by atoms with E-state index >= 15 is 0 Å². The lowest BCUT2D eigenvalue weighted by Crippen LogP contribution is -2.37. The number of carbonyl (C=O) groups is 1. The number of para-hydroxylation sites is 1. The van der Waals surface area contributed by atoms with Crippen molar-refractivity contribution >= 4 is 205 Å². The highest BCUT2D eigenvalue weighted by atomic mass is 79.9. The van der Waals surface area contributed by atoms with Crippen LogP contribution in [0.15, 0.2) is 140 Å². The number of benzene rings is 5. The second kappa shape index (κ2) is 48.1. The number of ketones is 1. The molecule has 0 spiro atoms. The normalized spacial score (nSPS) is 14.7. The van der Waals surface area contributed by atoms with Crippen LogP contribution in [-0.2, 0) is 34.9 Å². The fourth-order valence-electron chi connectivity index (χ4n) is 12.8. The van der Waals surface area contributed by atoms with E-state index in [-0.39, 0.29) is 136 Å². The maximum atomic E-state index is 14.2. The molecule has 5 fully saturated rings. The number of hydrogen-bond donors (Lipinski definition) is 8. The van der Waals surface area contributed by atoms with Gasteiger partial charge in [0.1, 0.15) is 61.9 Å². The van der Waals surface area contributed by atoms with Crippen LogP contribution in [0.3, 0.4) is 0 Å². The van der Waals surface area contributed by atoms with E-state index < -0.39 is 40.7 Å². The smallest absolute Gasteiger partial charge is 0.260 e. The SMILES string of the molecule is COc1ccccc1CC(=O)COc1c(Br)cc(/C=N/Nc2ncc(F)c(N3CCOCC3)n2)c(O)c1Cl.Oc1c(/C=N\Nc2ncc(F)c(N3CCOCC3)n2)cc(Br)c(N2CCOCC2)c1Cl.Oc1c(/C=N\Nc2ncc(F)c(N3CCOCC3)n2)cc(Br)c(Oc2nc(Cl)ncc2F)c1Cl.Oc1c(Cl)cc(Br)cc1-c1ccc(/C=N\Nc2ncc(F)c(N3CCOCC3)n2)o1. The van der Waals surface area contributed by atoms with Crippen LogP contribution in [-0.4, -0.2) is 246 Å². The summed E-state index contributed by atoms with van der Waals surface area (Å²) in [5.41, 5.74) is 13.2. The molecule has 0 saturated carbocycles. The van der Waals surface area contributed by atoms with Crippen molar-refractivity contribution in [1.29, 1.82) is 0 Å². The summed E-state index contributed by atoms with van der Waals surface area (Å²) in [6, 6.07) is 18.5. The predicted octanol–water partition coefficient (Wildman–Crippen LogP) is 15.7. The average Bonchev–Trinajstić information content (AvgIpc) is 1.47. The summed E-state index contributed by atoms with van der Waals surface area (Å²) >= 11 is 44.1. The van der Waals surface area contributed by atoms with E-state index in [0.717, 1.165) is 41.0 Å². The first-order valence-corrected chi connectivity index (χ1v) is 44.8.